The minimum atomic E-state index is 0.212. The Bertz CT molecular complexity index is 553. The maximum atomic E-state index is 5.93. The predicted molar refractivity (Wildman–Crippen MR) is 67.1 cm³/mol. The number of hydrogen-bond donors (Lipinski definition) is 1. The summed E-state index contributed by atoms with van der Waals surface area (Å²) in [4.78, 5) is 10.8. The molecule has 0 saturated carbocycles. The second-order valence-electron chi connectivity index (χ2n) is 4.52. The fourth-order valence-electron chi connectivity index (χ4n) is 2.20. The van der Waals surface area contributed by atoms with Gasteiger partial charge in [-0.1, -0.05) is 5.16 Å². The molecule has 18 heavy (non-hydrogen) atoms. The maximum Gasteiger partial charge on any atom is 0.261 e. The molecule has 1 atom stereocenters. The van der Waals surface area contributed by atoms with Gasteiger partial charge in [-0.15, -0.1) is 0 Å². The molecule has 1 saturated heterocycles. The van der Waals surface area contributed by atoms with Gasteiger partial charge in [-0.2, -0.15) is 4.98 Å². The Labute approximate surface area is 105 Å². The van der Waals surface area contributed by atoms with Crippen LogP contribution in [0.3, 0.4) is 0 Å². The Hall–Kier alpha value is -1.95. The normalized spacial score (nSPS) is 19.4. The molecule has 2 N–H and O–H groups in total. The Morgan fingerprint density at radius 3 is 3.06 bits per heavy atom. The number of pyridine rings is 1. The van der Waals surface area contributed by atoms with Gasteiger partial charge in [-0.25, -0.2) is 4.98 Å². The van der Waals surface area contributed by atoms with Crippen molar-refractivity contribution in [2.45, 2.75) is 19.4 Å². The van der Waals surface area contributed by atoms with E-state index in [9.17, 15) is 0 Å². The van der Waals surface area contributed by atoms with Crippen molar-refractivity contribution < 1.29 is 4.52 Å². The molecule has 0 unspecified atom stereocenters. The molecule has 0 radical (unpaired) electrons. The molecule has 1 aliphatic heterocycles. The summed E-state index contributed by atoms with van der Waals surface area (Å²) >= 11 is 0. The molecule has 0 spiro atoms. The van der Waals surface area contributed by atoms with Crippen molar-refractivity contribution in [3.05, 3.63) is 24.2 Å². The number of nitrogens with two attached hydrogens (primary N) is 1. The summed E-state index contributed by atoms with van der Waals surface area (Å²) in [5, 5.41) is 3.82. The van der Waals surface area contributed by atoms with E-state index >= 15 is 0 Å². The van der Waals surface area contributed by atoms with Crippen LogP contribution in [0.25, 0.3) is 11.5 Å². The van der Waals surface area contributed by atoms with E-state index in [0.717, 1.165) is 30.9 Å². The van der Waals surface area contributed by atoms with Gasteiger partial charge in [-0.05, 0) is 25.5 Å². The molecule has 3 rings (SSSR count). The van der Waals surface area contributed by atoms with Gasteiger partial charge < -0.3 is 15.2 Å². The molecular weight excluding hydrogens is 230 g/mol. The molecule has 6 nitrogen and oxygen atoms in total. The molecule has 6 heteroatoms. The number of aryl methyl sites for hydroxylation is 1. The van der Waals surface area contributed by atoms with Gasteiger partial charge in [-0.3, -0.25) is 0 Å². The Morgan fingerprint density at radius 1 is 1.50 bits per heavy atom. The van der Waals surface area contributed by atoms with Gasteiger partial charge in [0.15, 0.2) is 5.82 Å². The standard InChI is InChI=1S/C12H15N5O/c1-8-15-12(18-16-8)10-3-2-5-14-11(10)17-6-4-9(13)7-17/h2-3,5,9H,4,6-7,13H2,1H3/t9-/m1/s1. The molecule has 0 bridgehead atoms. The van der Waals surface area contributed by atoms with Gasteiger partial charge in [0.25, 0.3) is 5.89 Å². The third-order valence-corrected chi connectivity index (χ3v) is 3.07. The van der Waals surface area contributed by atoms with E-state index in [4.69, 9.17) is 10.3 Å². The first kappa shape index (κ1) is 11.2. The summed E-state index contributed by atoms with van der Waals surface area (Å²) in [6.45, 7) is 3.53. The lowest BCUT2D eigenvalue weighted by Crippen LogP contribution is -2.27. The lowest BCUT2D eigenvalue weighted by atomic mass is 10.2. The number of aromatic nitrogens is 3. The van der Waals surface area contributed by atoms with Crippen molar-refractivity contribution in [1.29, 1.82) is 0 Å². The van der Waals surface area contributed by atoms with E-state index in [0.29, 0.717) is 11.7 Å². The minimum absolute atomic E-state index is 0.212. The van der Waals surface area contributed by atoms with E-state index in [1.165, 1.54) is 0 Å². The lowest BCUT2D eigenvalue weighted by molar-refractivity contribution is 0.425. The van der Waals surface area contributed by atoms with Crippen LogP contribution in [-0.2, 0) is 0 Å². The molecule has 1 aliphatic rings. The number of nitrogens with zero attached hydrogens (tertiary/aromatic N) is 4. The van der Waals surface area contributed by atoms with Crippen molar-refractivity contribution in [2.75, 3.05) is 18.0 Å². The first-order chi connectivity index (χ1) is 8.74. The van der Waals surface area contributed by atoms with Crippen molar-refractivity contribution in [2.24, 2.45) is 5.73 Å². The average molecular weight is 245 g/mol. The summed E-state index contributed by atoms with van der Waals surface area (Å²) in [5.74, 6) is 2.00. The maximum absolute atomic E-state index is 5.93. The molecule has 94 valence electrons. The highest BCUT2D eigenvalue weighted by Crippen LogP contribution is 2.29. The second kappa shape index (κ2) is 4.38. The highest BCUT2D eigenvalue weighted by atomic mass is 16.5. The van der Waals surface area contributed by atoms with Gasteiger partial charge in [0.2, 0.25) is 0 Å². The topological polar surface area (TPSA) is 81.1 Å². The minimum Gasteiger partial charge on any atom is -0.354 e. The number of rotatable bonds is 2. The first-order valence-electron chi connectivity index (χ1n) is 6.00. The lowest BCUT2D eigenvalue weighted by Gasteiger charge is -2.18. The Balaban J connectivity index is 2.00. The first-order valence-corrected chi connectivity index (χ1v) is 6.00. The highest BCUT2D eigenvalue weighted by molar-refractivity contribution is 5.70. The van der Waals surface area contributed by atoms with Gasteiger partial charge in [0.1, 0.15) is 5.82 Å². The molecule has 2 aromatic rings. The van der Waals surface area contributed by atoms with E-state index in [-0.39, 0.29) is 6.04 Å². The Morgan fingerprint density at radius 2 is 2.39 bits per heavy atom. The van der Waals surface area contributed by atoms with Gasteiger partial charge in [0.05, 0.1) is 5.56 Å². The highest BCUT2D eigenvalue weighted by Gasteiger charge is 2.24. The van der Waals surface area contributed by atoms with Crippen molar-refractivity contribution in [1.82, 2.24) is 15.1 Å². The van der Waals surface area contributed by atoms with E-state index < -0.39 is 0 Å². The summed E-state index contributed by atoms with van der Waals surface area (Å²) < 4.78 is 5.22. The monoisotopic (exact) mass is 245 g/mol. The van der Waals surface area contributed by atoms with Crippen LogP contribution in [0, 0.1) is 6.92 Å². The number of hydrogen-bond acceptors (Lipinski definition) is 6. The number of anilines is 1. The zero-order valence-electron chi connectivity index (χ0n) is 10.2. The third kappa shape index (κ3) is 1.95. The van der Waals surface area contributed by atoms with E-state index in [1.54, 1.807) is 13.1 Å². The van der Waals surface area contributed by atoms with Gasteiger partial charge in [0, 0.05) is 25.3 Å². The zero-order chi connectivity index (χ0) is 12.5. The second-order valence-corrected chi connectivity index (χ2v) is 4.52. The van der Waals surface area contributed by atoms with Crippen molar-refractivity contribution in [3.63, 3.8) is 0 Å². The van der Waals surface area contributed by atoms with Crippen LogP contribution in [0.2, 0.25) is 0 Å². The quantitative estimate of drug-likeness (QED) is 0.849. The van der Waals surface area contributed by atoms with Crippen LogP contribution in [0.15, 0.2) is 22.9 Å². The average Bonchev–Trinajstić information content (AvgIpc) is 2.98. The molecule has 0 amide bonds. The van der Waals surface area contributed by atoms with Crippen LogP contribution < -0.4 is 10.6 Å². The van der Waals surface area contributed by atoms with Crippen LogP contribution in [0.1, 0.15) is 12.2 Å². The molecule has 1 fully saturated rings. The van der Waals surface area contributed by atoms with Crippen LogP contribution in [0.5, 0.6) is 0 Å². The fraction of sp³-hybridized carbons (Fsp3) is 0.417. The summed E-state index contributed by atoms with van der Waals surface area (Å²) in [6.07, 6.45) is 2.75. The largest absolute Gasteiger partial charge is 0.354 e. The zero-order valence-corrected chi connectivity index (χ0v) is 10.2. The van der Waals surface area contributed by atoms with Crippen LogP contribution in [0.4, 0.5) is 5.82 Å². The van der Waals surface area contributed by atoms with E-state index in [1.807, 2.05) is 12.1 Å². The van der Waals surface area contributed by atoms with Crippen molar-refractivity contribution in [3.8, 4) is 11.5 Å². The third-order valence-electron chi connectivity index (χ3n) is 3.07. The Kier molecular flexibility index (Phi) is 2.71. The molecule has 0 aromatic carbocycles. The summed E-state index contributed by atoms with van der Waals surface area (Å²) in [5.41, 5.74) is 6.80. The smallest absolute Gasteiger partial charge is 0.261 e. The predicted octanol–water partition coefficient (Wildman–Crippen LogP) is 0.977. The van der Waals surface area contributed by atoms with Crippen LogP contribution >= 0.6 is 0 Å². The molecule has 2 aromatic heterocycles. The molecule has 3 heterocycles. The van der Waals surface area contributed by atoms with Crippen LogP contribution in [-0.4, -0.2) is 34.3 Å². The summed E-state index contributed by atoms with van der Waals surface area (Å²) in [6, 6.07) is 4.03. The fourth-order valence-corrected chi connectivity index (χ4v) is 2.20. The van der Waals surface area contributed by atoms with Gasteiger partial charge >= 0.3 is 0 Å². The molecular formula is C12H15N5O. The molecule has 0 aliphatic carbocycles. The summed E-state index contributed by atoms with van der Waals surface area (Å²) in [7, 11) is 0. The van der Waals surface area contributed by atoms with Crippen molar-refractivity contribution >= 4 is 5.82 Å². The SMILES string of the molecule is Cc1noc(-c2cccnc2N2CC[C@@H](N)C2)n1. The van der Waals surface area contributed by atoms with E-state index in [2.05, 4.69) is 20.0 Å².